The summed E-state index contributed by atoms with van der Waals surface area (Å²) in [5.41, 5.74) is 5.42. The van der Waals surface area contributed by atoms with Crippen LogP contribution in [0.2, 0.25) is 0 Å². The van der Waals surface area contributed by atoms with Crippen molar-refractivity contribution in [2.75, 3.05) is 6.54 Å². The molecular weight excluding hydrogens is 258 g/mol. The van der Waals surface area contributed by atoms with Crippen LogP contribution in [-0.4, -0.2) is 54.6 Å². The molecule has 100 valence electrons. The Balaban J connectivity index is 2.24. The van der Waals surface area contributed by atoms with E-state index in [0.717, 1.165) is 9.58 Å². The second-order valence-electron chi connectivity index (χ2n) is 4.27. The fourth-order valence-electron chi connectivity index (χ4n) is 2.53. The number of carbonyl (C=O) groups excluding carboxylic acids is 2. The van der Waals surface area contributed by atoms with E-state index in [-0.39, 0.29) is 12.2 Å². The number of hydrogen-bond donors (Lipinski definition) is 3. The number of nitrogens with two attached hydrogens (primary N) is 1. The van der Waals surface area contributed by atoms with Crippen LogP contribution in [0.3, 0.4) is 0 Å². The van der Waals surface area contributed by atoms with E-state index in [2.05, 4.69) is 5.10 Å². The molecule has 2 bridgehead atoms. The van der Waals surface area contributed by atoms with Gasteiger partial charge in [-0.05, 0) is 0 Å². The Bertz CT molecular complexity index is 610. The predicted octanol–water partition coefficient (Wildman–Crippen LogP) is -0.883. The zero-order chi connectivity index (χ0) is 13.9. The molecule has 1 aromatic rings. The third-order valence-electron chi connectivity index (χ3n) is 3.32. The summed E-state index contributed by atoms with van der Waals surface area (Å²) < 4.78 is 0.736. The summed E-state index contributed by atoms with van der Waals surface area (Å²) >= 11 is 0. The molecule has 2 atom stereocenters. The molecule has 0 saturated carbocycles. The van der Waals surface area contributed by atoms with Crippen LogP contribution in [0.15, 0.2) is 6.20 Å². The lowest BCUT2D eigenvalue weighted by molar-refractivity contribution is -0.142. The minimum absolute atomic E-state index is 0.00106. The van der Waals surface area contributed by atoms with E-state index in [9.17, 15) is 24.7 Å². The number of hydroxylamine groups is 2. The van der Waals surface area contributed by atoms with Crippen LogP contribution < -0.4 is 5.73 Å². The van der Waals surface area contributed by atoms with E-state index >= 15 is 0 Å². The van der Waals surface area contributed by atoms with Crippen molar-refractivity contribution in [3.05, 3.63) is 17.5 Å². The maximum Gasteiger partial charge on any atom is 0.345 e. The zero-order valence-electron chi connectivity index (χ0n) is 9.42. The fraction of sp³-hybridized carbons (Fsp3) is 0.333. The standard InChI is InChI=1S/C9H9N5O5/c10-8(17)13-5-3(1-11-13)4-2-12(6(5)7(15)16)9(18)14(4)19/h1,4,6,19H,2H2,(H2,10,17)(H,15,16). The molecule has 0 aliphatic carbocycles. The minimum Gasteiger partial charge on any atom is -0.479 e. The second-order valence-corrected chi connectivity index (χ2v) is 4.27. The summed E-state index contributed by atoms with van der Waals surface area (Å²) in [6.45, 7) is 0.0176. The number of nitrogens with zero attached hydrogens (tertiary/aromatic N) is 4. The van der Waals surface area contributed by atoms with E-state index in [1.807, 2.05) is 0 Å². The Morgan fingerprint density at radius 2 is 2.16 bits per heavy atom. The molecule has 1 aromatic heterocycles. The SMILES string of the molecule is NC(=O)n1ncc2c1C(C(=O)O)N1CC2N(O)C1=O. The van der Waals surface area contributed by atoms with Gasteiger partial charge in [-0.15, -0.1) is 0 Å². The van der Waals surface area contributed by atoms with Crippen LogP contribution >= 0.6 is 0 Å². The number of aromatic nitrogens is 2. The normalized spacial score (nSPS) is 24.6. The highest BCUT2D eigenvalue weighted by atomic mass is 16.5. The van der Waals surface area contributed by atoms with E-state index in [0.29, 0.717) is 10.6 Å². The third-order valence-corrected chi connectivity index (χ3v) is 3.32. The van der Waals surface area contributed by atoms with Crippen LogP contribution in [0.25, 0.3) is 0 Å². The van der Waals surface area contributed by atoms with Crippen molar-refractivity contribution in [3.8, 4) is 0 Å². The van der Waals surface area contributed by atoms with Crippen LogP contribution in [0, 0.1) is 0 Å². The molecule has 0 radical (unpaired) electrons. The van der Waals surface area contributed by atoms with Crippen molar-refractivity contribution in [2.24, 2.45) is 5.73 Å². The molecule has 0 aromatic carbocycles. The first kappa shape index (κ1) is 11.5. The van der Waals surface area contributed by atoms with Gasteiger partial charge in [0.05, 0.1) is 18.4 Å². The number of fused-ring (bicyclic) bond motifs is 4. The van der Waals surface area contributed by atoms with Gasteiger partial charge < -0.3 is 15.7 Å². The Hall–Kier alpha value is -2.62. The first-order valence-corrected chi connectivity index (χ1v) is 5.32. The number of primary amides is 1. The highest BCUT2D eigenvalue weighted by Crippen LogP contribution is 2.42. The molecule has 19 heavy (non-hydrogen) atoms. The van der Waals surface area contributed by atoms with Gasteiger partial charge in [-0.3, -0.25) is 5.21 Å². The molecule has 10 heteroatoms. The molecule has 0 spiro atoms. The zero-order valence-corrected chi connectivity index (χ0v) is 9.42. The van der Waals surface area contributed by atoms with Gasteiger partial charge in [-0.25, -0.2) is 14.4 Å². The van der Waals surface area contributed by atoms with Crippen LogP contribution in [-0.2, 0) is 4.79 Å². The number of carboxylic acids is 1. The number of hydrogen-bond acceptors (Lipinski definition) is 5. The van der Waals surface area contributed by atoms with Gasteiger partial charge in [0.1, 0.15) is 6.04 Å². The maximum absolute atomic E-state index is 11.7. The Morgan fingerprint density at radius 1 is 1.47 bits per heavy atom. The molecule has 3 amide bonds. The van der Waals surface area contributed by atoms with Gasteiger partial charge in [-0.2, -0.15) is 14.8 Å². The summed E-state index contributed by atoms with van der Waals surface area (Å²) in [7, 11) is 0. The average Bonchev–Trinajstić information content (AvgIpc) is 2.87. The molecule has 10 nitrogen and oxygen atoms in total. The van der Waals surface area contributed by atoms with Gasteiger partial charge in [0.15, 0.2) is 6.04 Å². The molecule has 3 rings (SSSR count). The van der Waals surface area contributed by atoms with Gasteiger partial charge >= 0.3 is 18.0 Å². The Kier molecular flexibility index (Phi) is 2.08. The van der Waals surface area contributed by atoms with Crippen LogP contribution in [0.4, 0.5) is 9.59 Å². The lowest BCUT2D eigenvalue weighted by Gasteiger charge is -2.27. The van der Waals surface area contributed by atoms with Crippen LogP contribution in [0.5, 0.6) is 0 Å². The van der Waals surface area contributed by atoms with Crippen molar-refractivity contribution < 1.29 is 24.7 Å². The lowest BCUT2D eigenvalue weighted by Crippen LogP contribution is -2.40. The smallest absolute Gasteiger partial charge is 0.345 e. The van der Waals surface area contributed by atoms with E-state index in [4.69, 9.17) is 5.73 Å². The minimum atomic E-state index is -1.40. The fourth-order valence-corrected chi connectivity index (χ4v) is 2.53. The number of urea groups is 1. The first-order valence-electron chi connectivity index (χ1n) is 5.32. The lowest BCUT2D eigenvalue weighted by atomic mass is 9.98. The van der Waals surface area contributed by atoms with Crippen molar-refractivity contribution >= 4 is 18.0 Å². The van der Waals surface area contributed by atoms with Crippen molar-refractivity contribution in [1.82, 2.24) is 19.7 Å². The van der Waals surface area contributed by atoms with Gasteiger partial charge in [0.2, 0.25) is 0 Å². The Labute approximate surface area is 105 Å². The number of carboxylic acid groups (broad SMARTS) is 1. The van der Waals surface area contributed by atoms with Crippen molar-refractivity contribution in [1.29, 1.82) is 0 Å². The van der Waals surface area contributed by atoms with Gasteiger partial charge in [0, 0.05) is 5.56 Å². The molecule has 1 fully saturated rings. The number of rotatable bonds is 1. The molecule has 2 aliphatic heterocycles. The van der Waals surface area contributed by atoms with Crippen molar-refractivity contribution in [2.45, 2.75) is 12.1 Å². The first-order chi connectivity index (χ1) is 8.93. The topological polar surface area (TPSA) is 142 Å². The van der Waals surface area contributed by atoms with E-state index in [1.165, 1.54) is 6.20 Å². The second kappa shape index (κ2) is 3.45. The summed E-state index contributed by atoms with van der Waals surface area (Å²) in [6, 6.07) is -3.92. The average molecular weight is 267 g/mol. The Morgan fingerprint density at radius 3 is 2.74 bits per heavy atom. The highest BCUT2D eigenvalue weighted by molar-refractivity contribution is 5.88. The van der Waals surface area contributed by atoms with E-state index < -0.39 is 30.1 Å². The molecule has 2 aliphatic rings. The number of carbonyl (C=O) groups is 3. The number of aliphatic carboxylic acids is 1. The van der Waals surface area contributed by atoms with Gasteiger partial charge in [-0.1, -0.05) is 0 Å². The summed E-state index contributed by atoms with van der Waals surface area (Å²) in [6.07, 6.45) is 1.24. The number of amides is 3. The molecule has 3 heterocycles. The molecular formula is C9H9N5O5. The quantitative estimate of drug-likeness (QED) is 0.564. The van der Waals surface area contributed by atoms with Gasteiger partial charge in [0.25, 0.3) is 0 Å². The summed E-state index contributed by atoms with van der Waals surface area (Å²) in [4.78, 5) is 35.3. The van der Waals surface area contributed by atoms with Crippen molar-refractivity contribution in [3.63, 3.8) is 0 Å². The molecule has 2 unspecified atom stereocenters. The predicted molar refractivity (Wildman–Crippen MR) is 56.1 cm³/mol. The van der Waals surface area contributed by atoms with Crippen LogP contribution in [0.1, 0.15) is 23.3 Å². The maximum atomic E-state index is 11.7. The monoisotopic (exact) mass is 267 g/mol. The molecule has 1 saturated heterocycles. The summed E-state index contributed by atoms with van der Waals surface area (Å²) in [5, 5.41) is 23.1. The summed E-state index contributed by atoms with van der Waals surface area (Å²) in [5.74, 6) is -1.33. The highest BCUT2D eigenvalue weighted by Gasteiger charge is 2.52. The van der Waals surface area contributed by atoms with E-state index in [1.54, 1.807) is 0 Å². The largest absolute Gasteiger partial charge is 0.479 e. The molecule has 4 N–H and O–H groups in total. The third kappa shape index (κ3) is 1.28.